The monoisotopic (exact) mass is 252 g/mol. The van der Waals surface area contributed by atoms with Crippen LogP contribution in [0.25, 0.3) is 0 Å². The Morgan fingerprint density at radius 3 is 2.89 bits per heavy atom. The first-order chi connectivity index (χ1) is 8.56. The van der Waals surface area contributed by atoms with E-state index in [0.29, 0.717) is 18.7 Å². The standard InChI is InChI=1S/C11H16N4O3/c1-15-6-5-9(14-15)13-11(18)12-8-4-2-3-7(8)10(16)17/h5-8H,2-4H2,1H3,(H,16,17)(H2,12,13,14,18). The topological polar surface area (TPSA) is 96.2 Å². The number of hydrogen-bond donors (Lipinski definition) is 3. The molecule has 2 unspecified atom stereocenters. The predicted octanol–water partition coefficient (Wildman–Crippen LogP) is 0.795. The third-order valence-corrected chi connectivity index (χ3v) is 3.10. The van der Waals surface area contributed by atoms with E-state index in [2.05, 4.69) is 15.7 Å². The van der Waals surface area contributed by atoms with Crippen molar-refractivity contribution in [1.82, 2.24) is 15.1 Å². The maximum absolute atomic E-state index is 11.7. The van der Waals surface area contributed by atoms with Gasteiger partial charge in [-0.2, -0.15) is 5.10 Å². The number of rotatable bonds is 3. The van der Waals surface area contributed by atoms with Crippen LogP contribution in [-0.2, 0) is 11.8 Å². The van der Waals surface area contributed by atoms with Crippen molar-refractivity contribution < 1.29 is 14.7 Å². The molecule has 2 amide bonds. The summed E-state index contributed by atoms with van der Waals surface area (Å²) < 4.78 is 1.57. The minimum absolute atomic E-state index is 0.300. The molecule has 3 N–H and O–H groups in total. The number of hydrogen-bond acceptors (Lipinski definition) is 3. The van der Waals surface area contributed by atoms with Crippen LogP contribution in [0, 0.1) is 5.92 Å². The molecule has 7 nitrogen and oxygen atoms in total. The zero-order valence-corrected chi connectivity index (χ0v) is 10.1. The maximum atomic E-state index is 11.7. The van der Waals surface area contributed by atoms with Gasteiger partial charge in [0.1, 0.15) is 0 Å². The number of carboxylic acids is 1. The molecular formula is C11H16N4O3. The van der Waals surface area contributed by atoms with E-state index in [0.717, 1.165) is 6.42 Å². The van der Waals surface area contributed by atoms with Crippen LogP contribution in [0.5, 0.6) is 0 Å². The third-order valence-electron chi connectivity index (χ3n) is 3.10. The summed E-state index contributed by atoms with van der Waals surface area (Å²) in [6.07, 6.45) is 3.85. The van der Waals surface area contributed by atoms with Crippen LogP contribution in [-0.4, -0.2) is 32.9 Å². The lowest BCUT2D eigenvalue weighted by molar-refractivity contribution is -0.142. The molecule has 1 fully saturated rings. The Hall–Kier alpha value is -2.05. The average molecular weight is 252 g/mol. The fraction of sp³-hybridized carbons (Fsp3) is 0.545. The van der Waals surface area contributed by atoms with Crippen LogP contribution in [0.2, 0.25) is 0 Å². The van der Waals surface area contributed by atoms with Crippen molar-refractivity contribution in [3.8, 4) is 0 Å². The predicted molar refractivity (Wildman–Crippen MR) is 64.1 cm³/mol. The van der Waals surface area contributed by atoms with Gasteiger partial charge in [-0.25, -0.2) is 4.79 Å². The zero-order chi connectivity index (χ0) is 13.1. The summed E-state index contributed by atoms with van der Waals surface area (Å²) in [6.45, 7) is 0. The van der Waals surface area contributed by atoms with Gasteiger partial charge in [0.2, 0.25) is 0 Å². The highest BCUT2D eigenvalue weighted by Crippen LogP contribution is 2.25. The number of carboxylic acid groups (broad SMARTS) is 1. The molecule has 1 aliphatic carbocycles. The average Bonchev–Trinajstić information content (AvgIpc) is 2.87. The van der Waals surface area contributed by atoms with E-state index in [1.807, 2.05) is 0 Å². The molecule has 1 aromatic heterocycles. The van der Waals surface area contributed by atoms with Crippen LogP contribution in [0.4, 0.5) is 10.6 Å². The van der Waals surface area contributed by atoms with Gasteiger partial charge in [-0.05, 0) is 12.8 Å². The second-order valence-corrected chi connectivity index (χ2v) is 4.46. The fourth-order valence-electron chi connectivity index (χ4n) is 2.23. The number of anilines is 1. The summed E-state index contributed by atoms with van der Waals surface area (Å²) in [4.78, 5) is 22.6. The van der Waals surface area contributed by atoms with E-state index in [4.69, 9.17) is 5.11 Å². The first-order valence-electron chi connectivity index (χ1n) is 5.86. The minimum atomic E-state index is -0.851. The number of nitrogens with one attached hydrogen (secondary N) is 2. The van der Waals surface area contributed by atoms with Crippen molar-refractivity contribution in [1.29, 1.82) is 0 Å². The number of aromatic nitrogens is 2. The third kappa shape index (κ3) is 2.79. The number of carbonyl (C=O) groups is 2. The van der Waals surface area contributed by atoms with Gasteiger partial charge in [-0.3, -0.25) is 14.8 Å². The zero-order valence-electron chi connectivity index (χ0n) is 10.1. The Morgan fingerprint density at radius 2 is 2.28 bits per heavy atom. The van der Waals surface area contributed by atoms with Crippen molar-refractivity contribution in [3.63, 3.8) is 0 Å². The fourth-order valence-corrected chi connectivity index (χ4v) is 2.23. The van der Waals surface area contributed by atoms with Gasteiger partial charge in [-0.15, -0.1) is 0 Å². The molecule has 18 heavy (non-hydrogen) atoms. The van der Waals surface area contributed by atoms with E-state index >= 15 is 0 Å². The molecule has 2 rings (SSSR count). The molecule has 1 heterocycles. The highest BCUT2D eigenvalue weighted by Gasteiger charge is 2.33. The molecular weight excluding hydrogens is 236 g/mol. The molecule has 1 aliphatic rings. The normalized spacial score (nSPS) is 22.7. The number of nitrogens with zero attached hydrogens (tertiary/aromatic N) is 2. The highest BCUT2D eigenvalue weighted by atomic mass is 16.4. The van der Waals surface area contributed by atoms with Gasteiger partial charge < -0.3 is 10.4 Å². The van der Waals surface area contributed by atoms with Crippen molar-refractivity contribution in [2.75, 3.05) is 5.32 Å². The Balaban J connectivity index is 1.89. The van der Waals surface area contributed by atoms with E-state index < -0.39 is 17.9 Å². The van der Waals surface area contributed by atoms with E-state index in [1.165, 1.54) is 0 Å². The summed E-state index contributed by atoms with van der Waals surface area (Å²) in [6, 6.07) is 0.959. The lowest BCUT2D eigenvalue weighted by Crippen LogP contribution is -2.42. The number of urea groups is 1. The summed E-state index contributed by atoms with van der Waals surface area (Å²) in [5.41, 5.74) is 0. The molecule has 0 spiro atoms. The van der Waals surface area contributed by atoms with Gasteiger partial charge in [0, 0.05) is 25.4 Å². The van der Waals surface area contributed by atoms with Gasteiger partial charge in [-0.1, -0.05) is 6.42 Å². The molecule has 0 radical (unpaired) electrons. The van der Waals surface area contributed by atoms with Gasteiger partial charge in [0.25, 0.3) is 0 Å². The smallest absolute Gasteiger partial charge is 0.320 e. The summed E-state index contributed by atoms with van der Waals surface area (Å²) in [5, 5.41) is 18.3. The maximum Gasteiger partial charge on any atom is 0.320 e. The molecule has 2 atom stereocenters. The molecule has 1 saturated carbocycles. The molecule has 7 heteroatoms. The van der Waals surface area contributed by atoms with Crippen LogP contribution in [0.15, 0.2) is 12.3 Å². The summed E-state index contributed by atoms with van der Waals surface area (Å²) in [7, 11) is 1.75. The summed E-state index contributed by atoms with van der Waals surface area (Å²) in [5.74, 6) is -0.894. The SMILES string of the molecule is Cn1ccc(NC(=O)NC2CCCC2C(=O)O)n1. The van der Waals surface area contributed by atoms with E-state index in [1.54, 1.807) is 24.0 Å². The highest BCUT2D eigenvalue weighted by molar-refractivity contribution is 5.88. The molecule has 0 aliphatic heterocycles. The lowest BCUT2D eigenvalue weighted by atomic mass is 10.0. The Morgan fingerprint density at radius 1 is 1.50 bits per heavy atom. The molecule has 0 saturated heterocycles. The number of aryl methyl sites for hydroxylation is 1. The molecule has 0 aromatic carbocycles. The Labute approximate surface area is 104 Å². The van der Waals surface area contributed by atoms with Crippen LogP contribution >= 0.6 is 0 Å². The quantitative estimate of drug-likeness (QED) is 0.741. The van der Waals surface area contributed by atoms with Crippen LogP contribution in [0.1, 0.15) is 19.3 Å². The second-order valence-electron chi connectivity index (χ2n) is 4.46. The van der Waals surface area contributed by atoms with E-state index in [9.17, 15) is 9.59 Å². The first kappa shape index (κ1) is 12.4. The minimum Gasteiger partial charge on any atom is -0.481 e. The number of aliphatic carboxylic acids is 1. The van der Waals surface area contributed by atoms with Crippen LogP contribution < -0.4 is 10.6 Å². The second kappa shape index (κ2) is 5.07. The van der Waals surface area contributed by atoms with Gasteiger partial charge in [0.05, 0.1) is 5.92 Å². The van der Waals surface area contributed by atoms with Gasteiger partial charge >= 0.3 is 12.0 Å². The molecule has 98 valence electrons. The Bertz CT molecular complexity index is 457. The van der Waals surface area contributed by atoms with Gasteiger partial charge in [0.15, 0.2) is 5.82 Å². The summed E-state index contributed by atoms with van der Waals surface area (Å²) >= 11 is 0. The molecule has 1 aromatic rings. The van der Waals surface area contributed by atoms with Crippen molar-refractivity contribution in [2.45, 2.75) is 25.3 Å². The lowest BCUT2D eigenvalue weighted by Gasteiger charge is -2.17. The van der Waals surface area contributed by atoms with Crippen molar-refractivity contribution >= 4 is 17.8 Å². The number of amides is 2. The van der Waals surface area contributed by atoms with Crippen molar-refractivity contribution in [2.24, 2.45) is 13.0 Å². The Kier molecular flexibility index (Phi) is 3.50. The molecule has 0 bridgehead atoms. The van der Waals surface area contributed by atoms with Crippen molar-refractivity contribution in [3.05, 3.63) is 12.3 Å². The number of carbonyl (C=O) groups excluding carboxylic acids is 1. The van der Waals surface area contributed by atoms with E-state index in [-0.39, 0.29) is 6.04 Å². The van der Waals surface area contributed by atoms with Crippen LogP contribution in [0.3, 0.4) is 0 Å². The largest absolute Gasteiger partial charge is 0.481 e. The first-order valence-corrected chi connectivity index (χ1v) is 5.86.